The maximum absolute atomic E-state index is 11.9. The molecule has 2 aromatic carbocycles. The van der Waals surface area contributed by atoms with Gasteiger partial charge in [0.1, 0.15) is 0 Å². The van der Waals surface area contributed by atoms with E-state index in [1.54, 1.807) is 0 Å². The summed E-state index contributed by atoms with van der Waals surface area (Å²) in [6.45, 7) is 4.70. The SMILES string of the molecule is Cc1c(C(N)=O)c(C)n(CCc2ccc(Cl)cc2)c1-c1ccccc1. The monoisotopic (exact) mass is 352 g/mol. The number of aryl methyl sites for hydroxylation is 1. The maximum atomic E-state index is 11.9. The zero-order chi connectivity index (χ0) is 18.0. The van der Waals surface area contributed by atoms with E-state index in [0.717, 1.165) is 40.5 Å². The summed E-state index contributed by atoms with van der Waals surface area (Å²) >= 11 is 5.96. The van der Waals surface area contributed by atoms with E-state index >= 15 is 0 Å². The summed E-state index contributed by atoms with van der Waals surface area (Å²) in [6, 6.07) is 18.0. The summed E-state index contributed by atoms with van der Waals surface area (Å²) < 4.78 is 2.19. The van der Waals surface area contributed by atoms with Crippen molar-refractivity contribution in [1.29, 1.82) is 0 Å². The topological polar surface area (TPSA) is 48.0 Å². The summed E-state index contributed by atoms with van der Waals surface area (Å²) in [4.78, 5) is 11.9. The van der Waals surface area contributed by atoms with Crippen LogP contribution in [-0.4, -0.2) is 10.5 Å². The van der Waals surface area contributed by atoms with E-state index in [9.17, 15) is 4.79 Å². The van der Waals surface area contributed by atoms with Crippen LogP contribution in [0.2, 0.25) is 5.02 Å². The number of carbonyl (C=O) groups is 1. The number of amides is 1. The molecular formula is C21H21ClN2O. The third-order valence-electron chi connectivity index (χ3n) is 4.60. The van der Waals surface area contributed by atoms with Crippen molar-refractivity contribution in [3.05, 3.63) is 82.0 Å². The first-order valence-electron chi connectivity index (χ1n) is 8.28. The quantitative estimate of drug-likeness (QED) is 0.706. The van der Waals surface area contributed by atoms with Gasteiger partial charge in [0.15, 0.2) is 0 Å². The lowest BCUT2D eigenvalue weighted by molar-refractivity contribution is 0.0999. The van der Waals surface area contributed by atoms with Crippen molar-refractivity contribution in [2.24, 2.45) is 5.73 Å². The minimum absolute atomic E-state index is 0.377. The molecule has 0 bridgehead atoms. The van der Waals surface area contributed by atoms with Gasteiger partial charge >= 0.3 is 0 Å². The van der Waals surface area contributed by atoms with Gasteiger partial charge < -0.3 is 10.3 Å². The van der Waals surface area contributed by atoms with Crippen LogP contribution in [0.1, 0.15) is 27.2 Å². The molecule has 3 rings (SSSR count). The molecule has 3 aromatic rings. The van der Waals surface area contributed by atoms with Crippen LogP contribution in [0.25, 0.3) is 11.3 Å². The highest BCUT2D eigenvalue weighted by atomic mass is 35.5. The summed E-state index contributed by atoms with van der Waals surface area (Å²) in [5, 5.41) is 0.734. The first-order chi connectivity index (χ1) is 12.0. The number of hydrogen-bond donors (Lipinski definition) is 1. The molecule has 0 fully saturated rings. The second-order valence-electron chi connectivity index (χ2n) is 6.19. The van der Waals surface area contributed by atoms with Crippen LogP contribution in [0.5, 0.6) is 0 Å². The number of halogens is 1. The fourth-order valence-corrected chi connectivity index (χ4v) is 3.52. The van der Waals surface area contributed by atoms with Gasteiger partial charge in [-0.15, -0.1) is 0 Å². The number of primary amides is 1. The minimum atomic E-state index is -0.377. The van der Waals surface area contributed by atoms with Gasteiger partial charge in [0.25, 0.3) is 5.91 Å². The van der Waals surface area contributed by atoms with Gasteiger partial charge in [-0.1, -0.05) is 54.1 Å². The standard InChI is InChI=1S/C21H21ClN2O/c1-14-19(21(23)25)15(2)24(20(14)17-6-4-3-5-7-17)13-12-16-8-10-18(22)11-9-16/h3-11H,12-13H2,1-2H3,(H2,23,25). The molecule has 1 aromatic heterocycles. The normalized spacial score (nSPS) is 10.8. The Hall–Kier alpha value is -2.52. The van der Waals surface area contributed by atoms with E-state index in [4.69, 9.17) is 17.3 Å². The molecule has 0 aliphatic carbocycles. The molecule has 3 nitrogen and oxygen atoms in total. The van der Waals surface area contributed by atoms with Gasteiger partial charge in [-0.25, -0.2) is 0 Å². The highest BCUT2D eigenvalue weighted by Gasteiger charge is 2.21. The van der Waals surface area contributed by atoms with Crippen LogP contribution in [0.15, 0.2) is 54.6 Å². The molecule has 0 unspecified atom stereocenters. The summed E-state index contributed by atoms with van der Waals surface area (Å²) in [5.74, 6) is -0.377. The first kappa shape index (κ1) is 17.3. The van der Waals surface area contributed by atoms with Crippen LogP contribution < -0.4 is 5.73 Å². The predicted molar refractivity (Wildman–Crippen MR) is 103 cm³/mol. The molecular weight excluding hydrogens is 332 g/mol. The minimum Gasteiger partial charge on any atom is -0.366 e. The average molecular weight is 353 g/mol. The lowest BCUT2D eigenvalue weighted by Gasteiger charge is -2.13. The van der Waals surface area contributed by atoms with Crippen molar-refractivity contribution >= 4 is 17.5 Å². The van der Waals surface area contributed by atoms with Crippen molar-refractivity contribution < 1.29 is 4.79 Å². The molecule has 1 heterocycles. The average Bonchev–Trinajstić information content (AvgIpc) is 2.85. The Morgan fingerprint density at radius 1 is 1.04 bits per heavy atom. The molecule has 4 heteroatoms. The Morgan fingerprint density at radius 2 is 1.68 bits per heavy atom. The van der Waals surface area contributed by atoms with Gasteiger partial charge in [-0.05, 0) is 49.1 Å². The van der Waals surface area contributed by atoms with Gasteiger partial charge in [-0.2, -0.15) is 0 Å². The van der Waals surface area contributed by atoms with Crippen LogP contribution in [0.3, 0.4) is 0 Å². The third-order valence-corrected chi connectivity index (χ3v) is 4.85. The Labute approximate surface area is 153 Å². The van der Waals surface area contributed by atoms with Gasteiger partial charge in [-0.3, -0.25) is 4.79 Å². The predicted octanol–water partition coefficient (Wildman–Crippen LogP) is 4.77. The fourth-order valence-electron chi connectivity index (χ4n) is 3.40. The van der Waals surface area contributed by atoms with E-state index in [1.807, 2.05) is 56.3 Å². The molecule has 128 valence electrons. The first-order valence-corrected chi connectivity index (χ1v) is 8.66. The second-order valence-corrected chi connectivity index (χ2v) is 6.63. The van der Waals surface area contributed by atoms with E-state index in [-0.39, 0.29) is 5.91 Å². The van der Waals surface area contributed by atoms with Gasteiger partial charge in [0.05, 0.1) is 11.3 Å². The smallest absolute Gasteiger partial charge is 0.250 e. The number of nitrogens with two attached hydrogens (primary N) is 1. The van der Waals surface area contributed by atoms with Crippen LogP contribution >= 0.6 is 11.6 Å². The van der Waals surface area contributed by atoms with Gasteiger partial charge in [0, 0.05) is 17.3 Å². The van der Waals surface area contributed by atoms with E-state index in [0.29, 0.717) is 5.56 Å². The number of benzene rings is 2. The Morgan fingerprint density at radius 3 is 2.28 bits per heavy atom. The lowest BCUT2D eigenvalue weighted by atomic mass is 10.0. The fraction of sp³-hybridized carbons (Fsp3) is 0.190. The molecule has 25 heavy (non-hydrogen) atoms. The maximum Gasteiger partial charge on any atom is 0.250 e. The molecule has 0 saturated carbocycles. The number of nitrogens with zero attached hydrogens (tertiary/aromatic N) is 1. The summed E-state index contributed by atoms with van der Waals surface area (Å²) in [7, 11) is 0. The Balaban J connectivity index is 2.03. The third kappa shape index (κ3) is 3.47. The molecule has 0 atom stereocenters. The number of aromatic nitrogens is 1. The number of carbonyl (C=O) groups excluding carboxylic acids is 1. The zero-order valence-electron chi connectivity index (χ0n) is 14.4. The Bertz CT molecular complexity index is 896. The van der Waals surface area contributed by atoms with Crippen LogP contribution in [0.4, 0.5) is 0 Å². The number of rotatable bonds is 5. The largest absolute Gasteiger partial charge is 0.366 e. The summed E-state index contributed by atoms with van der Waals surface area (Å²) in [6.07, 6.45) is 0.851. The van der Waals surface area contributed by atoms with Crippen molar-refractivity contribution in [3.63, 3.8) is 0 Å². The van der Waals surface area contributed by atoms with E-state index in [2.05, 4.69) is 16.7 Å². The highest BCUT2D eigenvalue weighted by molar-refractivity contribution is 6.30. The van der Waals surface area contributed by atoms with E-state index < -0.39 is 0 Å². The summed E-state index contributed by atoms with van der Waals surface area (Å²) in [5.41, 5.74) is 11.5. The number of hydrogen-bond acceptors (Lipinski definition) is 1. The Kier molecular flexibility index (Phi) is 4.95. The highest BCUT2D eigenvalue weighted by Crippen LogP contribution is 2.31. The van der Waals surface area contributed by atoms with Crippen molar-refractivity contribution in [2.45, 2.75) is 26.8 Å². The lowest BCUT2D eigenvalue weighted by Crippen LogP contribution is -2.13. The molecule has 0 radical (unpaired) electrons. The zero-order valence-corrected chi connectivity index (χ0v) is 15.2. The van der Waals surface area contributed by atoms with Crippen molar-refractivity contribution in [2.75, 3.05) is 0 Å². The van der Waals surface area contributed by atoms with E-state index in [1.165, 1.54) is 5.56 Å². The molecule has 0 saturated heterocycles. The molecule has 0 aliphatic heterocycles. The van der Waals surface area contributed by atoms with Crippen LogP contribution in [-0.2, 0) is 13.0 Å². The molecule has 0 spiro atoms. The van der Waals surface area contributed by atoms with Gasteiger partial charge in [0.2, 0.25) is 0 Å². The van der Waals surface area contributed by atoms with Crippen molar-refractivity contribution in [3.8, 4) is 11.3 Å². The second kappa shape index (κ2) is 7.16. The van der Waals surface area contributed by atoms with Crippen LogP contribution in [0, 0.1) is 13.8 Å². The molecule has 0 aliphatic rings. The van der Waals surface area contributed by atoms with Crippen molar-refractivity contribution in [1.82, 2.24) is 4.57 Å². The molecule has 1 amide bonds. The molecule has 2 N–H and O–H groups in total.